The summed E-state index contributed by atoms with van der Waals surface area (Å²) < 4.78 is 0. The van der Waals surface area contributed by atoms with E-state index < -0.39 is 0 Å². The molecule has 0 aliphatic heterocycles. The predicted molar refractivity (Wildman–Crippen MR) is 82.3 cm³/mol. The Kier molecular flexibility index (Phi) is 3.71. The summed E-state index contributed by atoms with van der Waals surface area (Å²) in [5.41, 5.74) is 3.23. The third-order valence-electron chi connectivity index (χ3n) is 4.06. The number of hydrogen-bond acceptors (Lipinski definition) is 3. The third-order valence-corrected chi connectivity index (χ3v) is 4.06. The zero-order chi connectivity index (χ0) is 14.8. The molecule has 0 heterocycles. The van der Waals surface area contributed by atoms with Gasteiger partial charge < -0.3 is 5.32 Å². The lowest BCUT2D eigenvalue weighted by Gasteiger charge is -2.06. The number of rotatable bonds is 5. The van der Waals surface area contributed by atoms with Gasteiger partial charge in [-0.2, -0.15) is 0 Å². The molecule has 1 aliphatic rings. The predicted octanol–water partition coefficient (Wildman–Crippen LogP) is 3.55. The summed E-state index contributed by atoms with van der Waals surface area (Å²) in [6, 6.07) is 16.4. The highest BCUT2D eigenvalue weighted by atomic mass is 16.6. The van der Waals surface area contributed by atoms with Crippen LogP contribution >= 0.6 is 0 Å². The average Bonchev–Trinajstić information content (AvgIpc) is 3.27. The van der Waals surface area contributed by atoms with Crippen molar-refractivity contribution in [2.24, 2.45) is 0 Å². The Morgan fingerprint density at radius 1 is 1.24 bits per heavy atom. The molecule has 4 nitrogen and oxygen atoms in total. The zero-order valence-corrected chi connectivity index (χ0v) is 12.0. The van der Waals surface area contributed by atoms with E-state index in [9.17, 15) is 10.1 Å². The molecule has 2 unspecified atom stereocenters. The quantitative estimate of drug-likeness (QED) is 0.674. The molecular weight excluding hydrogens is 264 g/mol. The Morgan fingerprint density at radius 3 is 2.71 bits per heavy atom. The topological polar surface area (TPSA) is 55.2 Å². The van der Waals surface area contributed by atoms with Crippen LogP contribution in [0.5, 0.6) is 0 Å². The second-order valence-corrected chi connectivity index (χ2v) is 5.62. The van der Waals surface area contributed by atoms with Gasteiger partial charge in [-0.1, -0.05) is 42.5 Å². The minimum atomic E-state index is -0.317. The van der Waals surface area contributed by atoms with Crippen molar-refractivity contribution in [2.75, 3.05) is 0 Å². The fourth-order valence-corrected chi connectivity index (χ4v) is 2.70. The molecule has 108 valence electrons. The normalized spacial score (nSPS) is 20.2. The van der Waals surface area contributed by atoms with Crippen LogP contribution < -0.4 is 5.32 Å². The first kappa shape index (κ1) is 13.8. The van der Waals surface area contributed by atoms with Crippen LogP contribution in [0, 0.1) is 17.0 Å². The number of nitrogens with one attached hydrogen (secondary N) is 1. The summed E-state index contributed by atoms with van der Waals surface area (Å²) in [4.78, 5) is 10.6. The van der Waals surface area contributed by atoms with Crippen LogP contribution in [0.2, 0.25) is 0 Å². The summed E-state index contributed by atoms with van der Waals surface area (Å²) in [6.07, 6.45) is 1.14. The largest absolute Gasteiger partial charge is 0.309 e. The Morgan fingerprint density at radius 2 is 2.00 bits per heavy atom. The van der Waals surface area contributed by atoms with Gasteiger partial charge in [0.2, 0.25) is 0 Å². The smallest absolute Gasteiger partial charge is 0.272 e. The van der Waals surface area contributed by atoms with Crippen LogP contribution in [0.4, 0.5) is 5.69 Å². The SMILES string of the molecule is Cc1ccc(CNC2CC2c2ccccc2)cc1[N+](=O)[O-]. The van der Waals surface area contributed by atoms with E-state index in [-0.39, 0.29) is 10.6 Å². The highest BCUT2D eigenvalue weighted by Crippen LogP contribution is 2.40. The second kappa shape index (κ2) is 5.66. The van der Waals surface area contributed by atoms with E-state index in [1.165, 1.54) is 5.56 Å². The summed E-state index contributed by atoms with van der Waals surface area (Å²) in [6.45, 7) is 2.44. The van der Waals surface area contributed by atoms with Crippen molar-refractivity contribution in [3.05, 3.63) is 75.3 Å². The molecule has 1 N–H and O–H groups in total. The monoisotopic (exact) mass is 282 g/mol. The van der Waals surface area contributed by atoms with Crippen molar-refractivity contribution in [3.8, 4) is 0 Å². The molecule has 2 aromatic carbocycles. The molecule has 1 aliphatic carbocycles. The van der Waals surface area contributed by atoms with Crippen molar-refractivity contribution in [1.29, 1.82) is 0 Å². The minimum Gasteiger partial charge on any atom is -0.309 e. The van der Waals surface area contributed by atoms with Gasteiger partial charge in [-0.25, -0.2) is 0 Å². The third kappa shape index (κ3) is 3.11. The highest BCUT2D eigenvalue weighted by molar-refractivity contribution is 5.42. The molecule has 0 amide bonds. The molecule has 1 saturated carbocycles. The Balaban J connectivity index is 1.60. The number of benzene rings is 2. The first-order valence-corrected chi connectivity index (χ1v) is 7.17. The molecule has 4 heteroatoms. The summed E-state index contributed by atoms with van der Waals surface area (Å²) in [5.74, 6) is 0.576. The van der Waals surface area contributed by atoms with Gasteiger partial charge in [0.1, 0.15) is 0 Å². The van der Waals surface area contributed by atoms with Gasteiger partial charge in [0.15, 0.2) is 0 Å². The van der Waals surface area contributed by atoms with E-state index in [4.69, 9.17) is 0 Å². The van der Waals surface area contributed by atoms with Crippen molar-refractivity contribution < 1.29 is 4.92 Å². The van der Waals surface area contributed by atoms with Crippen molar-refractivity contribution >= 4 is 5.69 Å². The van der Waals surface area contributed by atoms with Crippen LogP contribution in [-0.2, 0) is 6.54 Å². The fraction of sp³-hybridized carbons (Fsp3) is 0.294. The fourth-order valence-electron chi connectivity index (χ4n) is 2.70. The van der Waals surface area contributed by atoms with Crippen LogP contribution in [-0.4, -0.2) is 11.0 Å². The molecule has 0 bridgehead atoms. The summed E-state index contributed by atoms with van der Waals surface area (Å²) in [7, 11) is 0. The molecule has 2 atom stereocenters. The van der Waals surface area contributed by atoms with Crippen LogP contribution in [0.15, 0.2) is 48.5 Å². The molecule has 3 rings (SSSR count). The molecule has 0 saturated heterocycles. The van der Waals surface area contributed by atoms with Gasteiger partial charge in [-0.15, -0.1) is 0 Å². The van der Waals surface area contributed by atoms with Crippen molar-refractivity contribution in [2.45, 2.75) is 31.8 Å². The van der Waals surface area contributed by atoms with E-state index in [1.807, 2.05) is 18.2 Å². The Bertz CT molecular complexity index is 655. The van der Waals surface area contributed by atoms with E-state index >= 15 is 0 Å². The maximum atomic E-state index is 10.9. The van der Waals surface area contributed by atoms with Gasteiger partial charge in [0, 0.05) is 30.1 Å². The van der Waals surface area contributed by atoms with E-state index in [0.29, 0.717) is 24.1 Å². The van der Waals surface area contributed by atoms with Gasteiger partial charge in [-0.05, 0) is 24.5 Å². The van der Waals surface area contributed by atoms with E-state index in [2.05, 4.69) is 29.6 Å². The number of nitrogens with zero attached hydrogens (tertiary/aromatic N) is 1. The Labute approximate surface area is 124 Å². The Hall–Kier alpha value is -2.20. The highest BCUT2D eigenvalue weighted by Gasteiger charge is 2.37. The van der Waals surface area contributed by atoms with Crippen molar-refractivity contribution in [3.63, 3.8) is 0 Å². The molecule has 0 spiro atoms. The number of nitro benzene ring substituents is 1. The lowest BCUT2D eigenvalue weighted by Crippen LogP contribution is -2.17. The van der Waals surface area contributed by atoms with Gasteiger partial charge in [0.25, 0.3) is 5.69 Å². The lowest BCUT2D eigenvalue weighted by molar-refractivity contribution is -0.385. The maximum Gasteiger partial charge on any atom is 0.272 e. The van der Waals surface area contributed by atoms with Crippen LogP contribution in [0.1, 0.15) is 29.0 Å². The van der Waals surface area contributed by atoms with Gasteiger partial charge in [-0.3, -0.25) is 10.1 Å². The summed E-state index contributed by atoms with van der Waals surface area (Å²) >= 11 is 0. The van der Waals surface area contributed by atoms with Crippen LogP contribution in [0.25, 0.3) is 0 Å². The number of aryl methyl sites for hydroxylation is 1. The molecule has 2 aromatic rings. The molecule has 21 heavy (non-hydrogen) atoms. The molecule has 0 aromatic heterocycles. The van der Waals surface area contributed by atoms with Gasteiger partial charge >= 0.3 is 0 Å². The maximum absolute atomic E-state index is 10.9. The molecular formula is C17H18N2O2. The van der Waals surface area contributed by atoms with Gasteiger partial charge in [0.05, 0.1) is 4.92 Å². The average molecular weight is 282 g/mol. The molecule has 0 radical (unpaired) electrons. The van der Waals surface area contributed by atoms with Crippen molar-refractivity contribution in [1.82, 2.24) is 5.32 Å². The first-order valence-electron chi connectivity index (χ1n) is 7.17. The van der Waals surface area contributed by atoms with E-state index in [1.54, 1.807) is 13.0 Å². The van der Waals surface area contributed by atoms with Crippen LogP contribution in [0.3, 0.4) is 0 Å². The standard InChI is InChI=1S/C17H18N2O2/c1-12-7-8-13(9-17(12)19(20)21)11-18-16-10-15(16)14-5-3-2-4-6-14/h2-9,15-16,18H,10-11H2,1H3. The number of hydrogen-bond donors (Lipinski definition) is 1. The zero-order valence-electron chi connectivity index (χ0n) is 12.0. The second-order valence-electron chi connectivity index (χ2n) is 5.62. The minimum absolute atomic E-state index is 0.199. The first-order chi connectivity index (χ1) is 10.1. The number of nitro groups is 1. The molecule has 1 fully saturated rings. The lowest BCUT2D eigenvalue weighted by atomic mass is 10.1. The summed E-state index contributed by atoms with van der Waals surface area (Å²) in [5, 5.41) is 14.4. The van der Waals surface area contributed by atoms with E-state index in [0.717, 1.165) is 12.0 Å².